The van der Waals surface area contributed by atoms with E-state index in [0.29, 0.717) is 19.4 Å². The van der Waals surface area contributed by atoms with Crippen molar-refractivity contribution in [3.05, 3.63) is 0 Å². The van der Waals surface area contributed by atoms with Crippen LogP contribution in [0.1, 0.15) is 65.2 Å². The molecular weight excluding hydrogens is 516 g/mol. The minimum Gasteiger partial charge on any atom is -0.394 e. The van der Waals surface area contributed by atoms with E-state index in [4.69, 9.17) is 28.4 Å². The lowest BCUT2D eigenvalue weighted by Crippen LogP contribution is -2.63. The number of aliphatic hydroxyl groups excluding tert-OH is 6. The smallest absolute Gasteiger partial charge is 0.187 e. The Balaban J connectivity index is 1.55. The third kappa shape index (κ3) is 7.30. The standard InChI is InChI=1S/C27H48O12/c1-3-15-8-7-10-17(23(15)39-26-22(33)21(32)19(30)14(2)35-26)37-27-25-24(20(31)18(13-29)38-27)36-16(12-28)9-5-4-6-11-34-25/h14-33H,3-13H2,1-2H3. The van der Waals surface area contributed by atoms with E-state index in [9.17, 15) is 30.6 Å². The number of ether oxygens (including phenoxy) is 6. The molecule has 14 atom stereocenters. The summed E-state index contributed by atoms with van der Waals surface area (Å²) in [6.07, 6.45) is -6.02. The van der Waals surface area contributed by atoms with Crippen LogP contribution < -0.4 is 0 Å². The molecule has 0 aromatic heterocycles. The second-order valence-corrected chi connectivity index (χ2v) is 11.4. The molecule has 1 saturated carbocycles. The molecule has 12 heteroatoms. The van der Waals surface area contributed by atoms with Crippen molar-refractivity contribution in [2.45, 2.75) is 145 Å². The molecule has 1 aliphatic carbocycles. The Morgan fingerprint density at radius 1 is 0.718 bits per heavy atom. The summed E-state index contributed by atoms with van der Waals surface area (Å²) in [6, 6.07) is 0. The summed E-state index contributed by atoms with van der Waals surface area (Å²) >= 11 is 0. The lowest BCUT2D eigenvalue weighted by atomic mass is 9.82. The van der Waals surface area contributed by atoms with Gasteiger partial charge in [0.2, 0.25) is 0 Å². The van der Waals surface area contributed by atoms with Crippen molar-refractivity contribution in [2.24, 2.45) is 5.92 Å². The number of fused-ring (bicyclic) bond motifs is 1. The minimum absolute atomic E-state index is 0.0671. The first-order chi connectivity index (χ1) is 18.8. The highest BCUT2D eigenvalue weighted by Gasteiger charge is 2.51. The van der Waals surface area contributed by atoms with Crippen LogP contribution in [0.4, 0.5) is 0 Å². The van der Waals surface area contributed by atoms with Crippen molar-refractivity contribution in [1.82, 2.24) is 0 Å². The van der Waals surface area contributed by atoms with Gasteiger partial charge < -0.3 is 59.1 Å². The second-order valence-electron chi connectivity index (χ2n) is 11.4. The summed E-state index contributed by atoms with van der Waals surface area (Å²) in [5, 5.41) is 61.8. The highest BCUT2D eigenvalue weighted by atomic mass is 16.7. The molecule has 39 heavy (non-hydrogen) atoms. The van der Waals surface area contributed by atoms with E-state index in [0.717, 1.165) is 38.5 Å². The van der Waals surface area contributed by atoms with Crippen molar-refractivity contribution in [2.75, 3.05) is 19.8 Å². The quantitative estimate of drug-likeness (QED) is 0.236. The molecule has 0 aromatic rings. The Hall–Kier alpha value is -0.480. The predicted molar refractivity (Wildman–Crippen MR) is 135 cm³/mol. The Kier molecular flexibility index (Phi) is 11.8. The van der Waals surface area contributed by atoms with Crippen LogP contribution in [0.3, 0.4) is 0 Å². The Morgan fingerprint density at radius 3 is 2.23 bits per heavy atom. The second kappa shape index (κ2) is 14.6. The maximum atomic E-state index is 11.0. The van der Waals surface area contributed by atoms with E-state index in [2.05, 4.69) is 0 Å². The summed E-state index contributed by atoms with van der Waals surface area (Å²) in [6.45, 7) is 3.40. The van der Waals surface area contributed by atoms with Crippen LogP contribution in [0.5, 0.6) is 0 Å². The predicted octanol–water partition coefficient (Wildman–Crippen LogP) is -0.422. The van der Waals surface area contributed by atoms with Crippen LogP contribution in [0, 0.1) is 5.92 Å². The van der Waals surface area contributed by atoms with E-state index in [-0.39, 0.29) is 12.5 Å². The van der Waals surface area contributed by atoms with E-state index < -0.39 is 86.3 Å². The molecule has 0 radical (unpaired) electrons. The van der Waals surface area contributed by atoms with Gasteiger partial charge in [-0.3, -0.25) is 0 Å². The largest absolute Gasteiger partial charge is 0.394 e. The van der Waals surface area contributed by atoms with Crippen LogP contribution in [-0.2, 0) is 28.4 Å². The zero-order chi connectivity index (χ0) is 28.1. The number of hydrogen-bond acceptors (Lipinski definition) is 12. The van der Waals surface area contributed by atoms with Crippen LogP contribution in [-0.4, -0.2) is 130 Å². The van der Waals surface area contributed by atoms with E-state index in [1.54, 1.807) is 6.92 Å². The van der Waals surface area contributed by atoms with Crippen molar-refractivity contribution in [1.29, 1.82) is 0 Å². The van der Waals surface area contributed by atoms with Crippen LogP contribution in [0.15, 0.2) is 0 Å². The van der Waals surface area contributed by atoms with Crippen molar-refractivity contribution in [3.8, 4) is 0 Å². The van der Waals surface area contributed by atoms with Gasteiger partial charge in [0.15, 0.2) is 12.6 Å². The topological polar surface area (TPSA) is 177 Å². The molecule has 0 amide bonds. The maximum absolute atomic E-state index is 11.0. The van der Waals surface area contributed by atoms with Gasteiger partial charge in [0.25, 0.3) is 0 Å². The molecule has 4 rings (SSSR count). The summed E-state index contributed by atoms with van der Waals surface area (Å²) in [4.78, 5) is 0. The first kappa shape index (κ1) is 31.5. The van der Waals surface area contributed by atoms with Gasteiger partial charge in [-0.25, -0.2) is 0 Å². The molecular formula is C27H48O12. The zero-order valence-corrected chi connectivity index (χ0v) is 23.0. The van der Waals surface area contributed by atoms with Gasteiger partial charge in [-0.05, 0) is 38.5 Å². The monoisotopic (exact) mass is 564 g/mol. The highest BCUT2D eigenvalue weighted by Crippen LogP contribution is 2.37. The molecule has 0 aromatic carbocycles. The first-order valence-corrected chi connectivity index (χ1v) is 14.6. The Morgan fingerprint density at radius 2 is 1.51 bits per heavy atom. The fourth-order valence-corrected chi connectivity index (χ4v) is 6.22. The van der Waals surface area contributed by atoms with Crippen LogP contribution >= 0.6 is 0 Å². The average Bonchev–Trinajstić information content (AvgIpc) is 2.94. The Bertz CT molecular complexity index is 729. The molecule has 14 unspecified atom stereocenters. The molecule has 4 fully saturated rings. The summed E-state index contributed by atoms with van der Waals surface area (Å²) in [5.74, 6) is 0.0671. The number of aliphatic hydroxyl groups is 6. The first-order valence-electron chi connectivity index (χ1n) is 14.6. The third-order valence-corrected chi connectivity index (χ3v) is 8.66. The fraction of sp³-hybridized carbons (Fsp3) is 1.00. The SMILES string of the molecule is CCC1CCCC(OC2OC(CO)C(O)C3OC(CO)CCCCCOC23)C1OC1OC(C)C(O)C(O)C1O. The van der Waals surface area contributed by atoms with Gasteiger partial charge in [-0.2, -0.15) is 0 Å². The van der Waals surface area contributed by atoms with Gasteiger partial charge in [0.1, 0.15) is 42.7 Å². The molecule has 0 spiro atoms. The third-order valence-electron chi connectivity index (χ3n) is 8.66. The highest BCUT2D eigenvalue weighted by molar-refractivity contribution is 4.95. The maximum Gasteiger partial charge on any atom is 0.187 e. The van der Waals surface area contributed by atoms with Crippen molar-refractivity contribution in [3.63, 3.8) is 0 Å². The van der Waals surface area contributed by atoms with Crippen molar-refractivity contribution >= 4 is 0 Å². The van der Waals surface area contributed by atoms with E-state index >= 15 is 0 Å². The number of rotatable bonds is 7. The lowest BCUT2D eigenvalue weighted by molar-refractivity contribution is -0.354. The molecule has 4 aliphatic rings. The summed E-state index contributed by atoms with van der Waals surface area (Å²) in [7, 11) is 0. The molecule has 6 N–H and O–H groups in total. The lowest BCUT2D eigenvalue weighted by Gasteiger charge is -2.48. The zero-order valence-electron chi connectivity index (χ0n) is 23.0. The Labute approximate surface area is 230 Å². The van der Waals surface area contributed by atoms with E-state index in [1.807, 2.05) is 6.92 Å². The van der Waals surface area contributed by atoms with Gasteiger partial charge in [0, 0.05) is 6.61 Å². The molecule has 3 heterocycles. The normalized spacial score (nSPS) is 48.3. The van der Waals surface area contributed by atoms with Crippen LogP contribution in [0.25, 0.3) is 0 Å². The molecule has 3 aliphatic heterocycles. The van der Waals surface area contributed by atoms with Gasteiger partial charge in [0.05, 0.1) is 37.6 Å². The van der Waals surface area contributed by atoms with Gasteiger partial charge >= 0.3 is 0 Å². The summed E-state index contributed by atoms with van der Waals surface area (Å²) < 4.78 is 36.9. The van der Waals surface area contributed by atoms with Crippen LogP contribution in [0.2, 0.25) is 0 Å². The van der Waals surface area contributed by atoms with Crippen molar-refractivity contribution < 1.29 is 59.1 Å². The fourth-order valence-electron chi connectivity index (χ4n) is 6.22. The van der Waals surface area contributed by atoms with Gasteiger partial charge in [-0.1, -0.05) is 32.6 Å². The average molecular weight is 565 g/mol. The molecule has 3 saturated heterocycles. The number of hydrogen-bond donors (Lipinski definition) is 6. The van der Waals surface area contributed by atoms with E-state index in [1.165, 1.54) is 0 Å². The molecule has 0 bridgehead atoms. The molecule has 12 nitrogen and oxygen atoms in total. The molecule has 228 valence electrons. The summed E-state index contributed by atoms with van der Waals surface area (Å²) in [5.41, 5.74) is 0. The minimum atomic E-state index is -1.44. The van der Waals surface area contributed by atoms with Gasteiger partial charge in [-0.15, -0.1) is 0 Å².